The summed E-state index contributed by atoms with van der Waals surface area (Å²) in [5.41, 5.74) is -0.289. The highest BCUT2D eigenvalue weighted by Crippen LogP contribution is 2.25. The minimum Gasteiger partial charge on any atom is -0.352 e. The zero-order valence-electron chi connectivity index (χ0n) is 8.48. The number of rotatable bonds is 4. The Labute approximate surface area is 75.0 Å². The molecule has 0 saturated heterocycles. The molecule has 0 spiro atoms. The van der Waals surface area contributed by atoms with Crippen LogP contribution in [0.2, 0.25) is 0 Å². The number of carbonyl (C=O) groups is 1. The van der Waals surface area contributed by atoms with Crippen LogP contribution in [-0.2, 0) is 4.79 Å². The molecule has 0 aromatic heterocycles. The van der Waals surface area contributed by atoms with Crippen LogP contribution in [0.15, 0.2) is 12.7 Å². The fourth-order valence-corrected chi connectivity index (χ4v) is 0.655. The van der Waals surface area contributed by atoms with Gasteiger partial charge in [-0.1, -0.05) is 33.8 Å². The summed E-state index contributed by atoms with van der Waals surface area (Å²) in [5, 5.41) is 2.80. The molecule has 70 valence electrons. The number of hydrogen-bond acceptors (Lipinski definition) is 1. The minimum atomic E-state index is -0.289. The normalized spacial score (nSPS) is 11.4. The van der Waals surface area contributed by atoms with E-state index < -0.39 is 0 Å². The fraction of sp³-hybridized carbons (Fsp3) is 0.700. The van der Waals surface area contributed by atoms with Crippen molar-refractivity contribution >= 4 is 5.91 Å². The average Bonchev–Trinajstić information content (AvgIpc) is 1.99. The summed E-state index contributed by atoms with van der Waals surface area (Å²) < 4.78 is 0. The van der Waals surface area contributed by atoms with Crippen LogP contribution < -0.4 is 5.32 Å². The average molecular weight is 169 g/mol. The molecule has 12 heavy (non-hydrogen) atoms. The van der Waals surface area contributed by atoms with E-state index in [2.05, 4.69) is 11.9 Å². The zero-order valence-corrected chi connectivity index (χ0v) is 8.48. The molecule has 0 aliphatic carbocycles. The van der Waals surface area contributed by atoms with Gasteiger partial charge in [-0.25, -0.2) is 0 Å². The van der Waals surface area contributed by atoms with Gasteiger partial charge in [0.2, 0.25) is 5.91 Å². The van der Waals surface area contributed by atoms with Gasteiger partial charge in [-0.05, 0) is 5.92 Å². The second-order valence-electron chi connectivity index (χ2n) is 3.88. The SMILES string of the molecule is C=CCNC(=O)C(C)(C)C(C)C. The Bertz CT molecular complexity index is 171. The first-order chi connectivity index (χ1) is 5.42. The first-order valence-electron chi connectivity index (χ1n) is 4.32. The standard InChI is InChI=1S/C10H19NO/c1-6-7-11-9(12)10(4,5)8(2)3/h6,8H,1,7H2,2-5H3,(H,11,12). The van der Waals surface area contributed by atoms with Gasteiger partial charge in [0, 0.05) is 12.0 Å². The predicted octanol–water partition coefficient (Wildman–Crippen LogP) is 1.97. The molecule has 0 saturated carbocycles. The molecule has 0 bridgehead atoms. The second kappa shape index (κ2) is 4.29. The third-order valence-electron chi connectivity index (χ3n) is 2.44. The van der Waals surface area contributed by atoms with Crippen molar-refractivity contribution in [1.82, 2.24) is 5.32 Å². The van der Waals surface area contributed by atoms with Crippen LogP contribution in [0.5, 0.6) is 0 Å². The van der Waals surface area contributed by atoms with Gasteiger partial charge in [0.1, 0.15) is 0 Å². The third-order valence-corrected chi connectivity index (χ3v) is 2.44. The fourth-order valence-electron chi connectivity index (χ4n) is 0.655. The van der Waals surface area contributed by atoms with Crippen molar-refractivity contribution in [2.45, 2.75) is 27.7 Å². The molecule has 0 heterocycles. The lowest BCUT2D eigenvalue weighted by molar-refractivity contribution is -0.131. The van der Waals surface area contributed by atoms with Crippen molar-refractivity contribution in [2.24, 2.45) is 11.3 Å². The summed E-state index contributed by atoms with van der Waals surface area (Å²) in [5.74, 6) is 0.444. The van der Waals surface area contributed by atoms with E-state index in [9.17, 15) is 4.79 Å². The quantitative estimate of drug-likeness (QED) is 0.640. The number of nitrogens with one attached hydrogen (secondary N) is 1. The van der Waals surface area contributed by atoms with E-state index in [4.69, 9.17) is 0 Å². The van der Waals surface area contributed by atoms with Gasteiger partial charge >= 0.3 is 0 Å². The number of amides is 1. The Hall–Kier alpha value is -0.790. The number of hydrogen-bond donors (Lipinski definition) is 1. The van der Waals surface area contributed by atoms with Crippen LogP contribution in [0.25, 0.3) is 0 Å². The maximum absolute atomic E-state index is 11.5. The molecule has 1 amide bonds. The lowest BCUT2D eigenvalue weighted by Crippen LogP contribution is -2.40. The summed E-state index contributed by atoms with van der Waals surface area (Å²) in [6.45, 7) is 12.1. The largest absolute Gasteiger partial charge is 0.352 e. The summed E-state index contributed by atoms with van der Waals surface area (Å²) in [7, 11) is 0. The molecular formula is C10H19NO. The Morgan fingerprint density at radius 1 is 1.58 bits per heavy atom. The molecule has 0 atom stereocenters. The van der Waals surface area contributed by atoms with E-state index in [0.717, 1.165) is 0 Å². The van der Waals surface area contributed by atoms with E-state index in [1.807, 2.05) is 27.7 Å². The van der Waals surface area contributed by atoms with Crippen molar-refractivity contribution in [2.75, 3.05) is 6.54 Å². The second-order valence-corrected chi connectivity index (χ2v) is 3.88. The molecule has 0 fully saturated rings. The van der Waals surface area contributed by atoms with E-state index >= 15 is 0 Å². The maximum Gasteiger partial charge on any atom is 0.226 e. The monoisotopic (exact) mass is 169 g/mol. The molecule has 0 unspecified atom stereocenters. The van der Waals surface area contributed by atoms with Gasteiger partial charge in [0.25, 0.3) is 0 Å². The molecule has 1 N–H and O–H groups in total. The van der Waals surface area contributed by atoms with Crippen molar-refractivity contribution in [1.29, 1.82) is 0 Å². The van der Waals surface area contributed by atoms with Crippen molar-refractivity contribution in [3.63, 3.8) is 0 Å². The Morgan fingerprint density at radius 2 is 2.08 bits per heavy atom. The van der Waals surface area contributed by atoms with Gasteiger partial charge in [-0.3, -0.25) is 4.79 Å². The first kappa shape index (κ1) is 11.2. The van der Waals surface area contributed by atoms with Crippen LogP contribution in [0.3, 0.4) is 0 Å². The van der Waals surface area contributed by atoms with Gasteiger partial charge in [0.05, 0.1) is 0 Å². The molecule has 2 nitrogen and oxygen atoms in total. The van der Waals surface area contributed by atoms with Crippen LogP contribution in [0.1, 0.15) is 27.7 Å². The van der Waals surface area contributed by atoms with Crippen molar-refractivity contribution in [3.05, 3.63) is 12.7 Å². The molecule has 0 aliphatic heterocycles. The van der Waals surface area contributed by atoms with Crippen LogP contribution in [0.4, 0.5) is 0 Å². The number of carbonyl (C=O) groups excluding carboxylic acids is 1. The maximum atomic E-state index is 11.5. The first-order valence-corrected chi connectivity index (χ1v) is 4.32. The minimum absolute atomic E-state index is 0.0948. The summed E-state index contributed by atoms with van der Waals surface area (Å²) in [4.78, 5) is 11.5. The molecule has 0 aliphatic rings. The molecular weight excluding hydrogens is 150 g/mol. The smallest absolute Gasteiger partial charge is 0.226 e. The Balaban J connectivity index is 4.15. The summed E-state index contributed by atoms with van der Waals surface area (Å²) >= 11 is 0. The van der Waals surface area contributed by atoms with E-state index in [1.165, 1.54) is 0 Å². The Morgan fingerprint density at radius 3 is 2.42 bits per heavy atom. The van der Waals surface area contributed by atoms with Gasteiger partial charge in [-0.15, -0.1) is 6.58 Å². The van der Waals surface area contributed by atoms with Gasteiger partial charge in [-0.2, -0.15) is 0 Å². The Kier molecular flexibility index (Phi) is 4.01. The van der Waals surface area contributed by atoms with Crippen molar-refractivity contribution < 1.29 is 4.79 Å². The van der Waals surface area contributed by atoms with Gasteiger partial charge in [0.15, 0.2) is 0 Å². The highest BCUT2D eigenvalue weighted by molar-refractivity contribution is 5.82. The highest BCUT2D eigenvalue weighted by atomic mass is 16.2. The molecule has 2 heteroatoms. The van der Waals surface area contributed by atoms with E-state index in [0.29, 0.717) is 12.5 Å². The molecule has 0 aromatic rings. The lowest BCUT2D eigenvalue weighted by atomic mass is 9.80. The van der Waals surface area contributed by atoms with Crippen LogP contribution in [0, 0.1) is 11.3 Å². The molecule has 0 rings (SSSR count). The zero-order chi connectivity index (χ0) is 9.78. The molecule has 0 radical (unpaired) electrons. The van der Waals surface area contributed by atoms with Crippen LogP contribution >= 0.6 is 0 Å². The van der Waals surface area contributed by atoms with Gasteiger partial charge < -0.3 is 5.32 Å². The lowest BCUT2D eigenvalue weighted by Gasteiger charge is -2.27. The summed E-state index contributed by atoms with van der Waals surface area (Å²) in [6, 6.07) is 0. The molecule has 0 aromatic carbocycles. The van der Waals surface area contributed by atoms with E-state index in [1.54, 1.807) is 6.08 Å². The third kappa shape index (κ3) is 2.68. The highest BCUT2D eigenvalue weighted by Gasteiger charge is 2.30. The topological polar surface area (TPSA) is 29.1 Å². The van der Waals surface area contributed by atoms with Crippen LogP contribution in [-0.4, -0.2) is 12.5 Å². The van der Waals surface area contributed by atoms with E-state index in [-0.39, 0.29) is 11.3 Å². The summed E-state index contributed by atoms with van der Waals surface area (Å²) in [6.07, 6.45) is 1.69. The van der Waals surface area contributed by atoms with Crippen molar-refractivity contribution in [3.8, 4) is 0 Å². The predicted molar refractivity (Wildman–Crippen MR) is 51.8 cm³/mol.